The van der Waals surface area contributed by atoms with Crippen LogP contribution in [0, 0.1) is 0 Å². The van der Waals surface area contributed by atoms with Crippen LogP contribution in [-0.2, 0) is 11.3 Å². The van der Waals surface area contributed by atoms with Crippen molar-refractivity contribution in [1.82, 2.24) is 9.97 Å². The second-order valence-electron chi connectivity index (χ2n) is 6.96. The Labute approximate surface area is 174 Å². The number of hydrogen-bond acceptors (Lipinski definition) is 4. The molecule has 1 aromatic carbocycles. The summed E-state index contributed by atoms with van der Waals surface area (Å²) < 4.78 is 5.45. The van der Waals surface area contributed by atoms with Crippen LogP contribution in [0.15, 0.2) is 87.0 Å². The summed E-state index contributed by atoms with van der Waals surface area (Å²) in [5.41, 5.74) is 1.56. The highest BCUT2D eigenvalue weighted by Gasteiger charge is 2.30. The third-order valence-electron chi connectivity index (χ3n) is 4.71. The molecular formula is C23H26N2O3S. The number of aromatic amines is 2. The van der Waals surface area contributed by atoms with E-state index in [1.807, 2.05) is 36.4 Å². The molecule has 1 aliphatic rings. The van der Waals surface area contributed by atoms with Gasteiger partial charge in [-0.05, 0) is 24.8 Å². The van der Waals surface area contributed by atoms with E-state index in [4.69, 9.17) is 4.74 Å². The van der Waals surface area contributed by atoms with Gasteiger partial charge in [-0.15, -0.1) is 11.8 Å². The first-order valence-corrected chi connectivity index (χ1v) is 10.6. The number of nitrogens with one attached hydrogen (secondary N) is 2. The highest BCUT2D eigenvalue weighted by molar-refractivity contribution is 8.00. The first kappa shape index (κ1) is 21.1. The third kappa shape index (κ3) is 6.21. The smallest absolute Gasteiger partial charge is 0.325 e. The van der Waals surface area contributed by atoms with Gasteiger partial charge >= 0.3 is 5.69 Å². The quantitative estimate of drug-likeness (QED) is 0.476. The van der Waals surface area contributed by atoms with E-state index < -0.39 is 5.69 Å². The van der Waals surface area contributed by atoms with Crippen LogP contribution in [-0.4, -0.2) is 21.3 Å². The van der Waals surface area contributed by atoms with Gasteiger partial charge in [0.05, 0.1) is 18.1 Å². The fourth-order valence-electron chi connectivity index (χ4n) is 3.19. The summed E-state index contributed by atoms with van der Waals surface area (Å²) >= 11 is 1.49. The first-order valence-electron chi connectivity index (χ1n) is 9.76. The van der Waals surface area contributed by atoms with E-state index in [2.05, 4.69) is 41.2 Å². The van der Waals surface area contributed by atoms with Gasteiger partial charge in [0.15, 0.2) is 0 Å². The van der Waals surface area contributed by atoms with Gasteiger partial charge in [-0.2, -0.15) is 0 Å². The normalized spacial score (nSPS) is 18.9. The summed E-state index contributed by atoms with van der Waals surface area (Å²) in [6.07, 6.45) is 14.7. The van der Waals surface area contributed by atoms with Gasteiger partial charge in [0.1, 0.15) is 0 Å². The Morgan fingerprint density at radius 1 is 1.21 bits per heavy atom. The Morgan fingerprint density at radius 2 is 2.03 bits per heavy atom. The van der Waals surface area contributed by atoms with Crippen LogP contribution in [0.5, 0.6) is 0 Å². The molecule has 1 unspecified atom stereocenters. The van der Waals surface area contributed by atoms with Crippen molar-refractivity contribution < 1.29 is 4.74 Å². The average Bonchev–Trinajstić information content (AvgIpc) is 2.74. The molecule has 0 bridgehead atoms. The molecule has 0 saturated carbocycles. The molecule has 0 spiro atoms. The van der Waals surface area contributed by atoms with E-state index in [0.29, 0.717) is 18.1 Å². The lowest BCUT2D eigenvalue weighted by atomic mass is 9.91. The molecule has 1 aromatic heterocycles. The number of aromatic nitrogens is 2. The number of rotatable bonds is 9. The third-order valence-corrected chi connectivity index (χ3v) is 6.09. The molecule has 0 amide bonds. The maximum atomic E-state index is 12.2. The van der Waals surface area contributed by atoms with Crippen molar-refractivity contribution in [1.29, 1.82) is 0 Å². The topological polar surface area (TPSA) is 75.0 Å². The van der Waals surface area contributed by atoms with Crippen LogP contribution >= 0.6 is 11.8 Å². The summed E-state index contributed by atoms with van der Waals surface area (Å²) in [5.74, 6) is 0. The van der Waals surface area contributed by atoms with Crippen molar-refractivity contribution in [3.05, 3.63) is 98.9 Å². The van der Waals surface area contributed by atoms with Crippen LogP contribution in [0.4, 0.5) is 0 Å². The van der Waals surface area contributed by atoms with Gasteiger partial charge in [0.25, 0.3) is 5.56 Å². The lowest BCUT2D eigenvalue weighted by Gasteiger charge is -2.31. The van der Waals surface area contributed by atoms with Crippen LogP contribution < -0.4 is 11.2 Å². The standard InChI is InChI=1S/C23H26N2O3S/c1-2-18-11-8-13-23(15-18,29-20-16-24-22(27)25-21(20)26)12-6-7-14-28-17-19-9-4-3-5-10-19/h3-11,15-16H,2,12-14,17H2,1H3,(H2,24,25,26,27). The molecule has 1 aliphatic carbocycles. The predicted octanol–water partition coefficient (Wildman–Crippen LogP) is 4.35. The molecule has 2 aromatic rings. The summed E-state index contributed by atoms with van der Waals surface area (Å²) in [7, 11) is 0. The molecule has 2 N–H and O–H groups in total. The van der Waals surface area contributed by atoms with E-state index in [0.717, 1.165) is 24.8 Å². The molecule has 0 saturated heterocycles. The van der Waals surface area contributed by atoms with Crippen molar-refractivity contribution in [3.8, 4) is 0 Å². The van der Waals surface area contributed by atoms with Gasteiger partial charge in [-0.3, -0.25) is 9.78 Å². The highest BCUT2D eigenvalue weighted by Crippen LogP contribution is 2.42. The Bertz CT molecular complexity index is 1000. The van der Waals surface area contributed by atoms with Gasteiger partial charge < -0.3 is 9.72 Å². The average molecular weight is 411 g/mol. The zero-order chi connectivity index (χ0) is 20.5. The highest BCUT2D eigenvalue weighted by atomic mass is 32.2. The molecule has 1 heterocycles. The maximum absolute atomic E-state index is 12.2. The van der Waals surface area contributed by atoms with Gasteiger partial charge in [-0.1, -0.05) is 73.2 Å². The minimum absolute atomic E-state index is 0.263. The summed E-state index contributed by atoms with van der Waals surface area (Å²) in [5, 5.41) is 0. The van der Waals surface area contributed by atoms with Crippen LogP contribution in [0.25, 0.3) is 0 Å². The van der Waals surface area contributed by atoms with Crippen molar-refractivity contribution in [2.45, 2.75) is 42.4 Å². The Morgan fingerprint density at radius 3 is 2.79 bits per heavy atom. The van der Waals surface area contributed by atoms with E-state index >= 15 is 0 Å². The second-order valence-corrected chi connectivity index (χ2v) is 8.42. The number of thioether (sulfide) groups is 1. The van der Waals surface area contributed by atoms with Crippen LogP contribution in [0.2, 0.25) is 0 Å². The molecule has 0 radical (unpaired) electrons. The molecule has 3 rings (SSSR count). The maximum Gasteiger partial charge on any atom is 0.325 e. The fourth-order valence-corrected chi connectivity index (χ4v) is 4.46. The zero-order valence-corrected chi connectivity index (χ0v) is 17.3. The summed E-state index contributed by atoms with van der Waals surface area (Å²) in [6, 6.07) is 10.1. The van der Waals surface area contributed by atoms with E-state index in [-0.39, 0.29) is 10.3 Å². The van der Waals surface area contributed by atoms with Crippen LogP contribution in [0.1, 0.15) is 31.7 Å². The predicted molar refractivity (Wildman–Crippen MR) is 118 cm³/mol. The van der Waals surface area contributed by atoms with Crippen LogP contribution in [0.3, 0.4) is 0 Å². The van der Waals surface area contributed by atoms with E-state index in [1.165, 1.54) is 23.5 Å². The number of allylic oxidation sites excluding steroid dienone is 4. The van der Waals surface area contributed by atoms with Crippen molar-refractivity contribution in [2.75, 3.05) is 6.61 Å². The summed E-state index contributed by atoms with van der Waals surface area (Å²) in [4.78, 5) is 28.9. The zero-order valence-electron chi connectivity index (χ0n) is 16.5. The first-order chi connectivity index (χ1) is 14.1. The molecule has 6 heteroatoms. The van der Waals surface area contributed by atoms with E-state index in [1.54, 1.807) is 0 Å². The van der Waals surface area contributed by atoms with Crippen molar-refractivity contribution in [2.24, 2.45) is 0 Å². The largest absolute Gasteiger partial charge is 0.373 e. The number of ether oxygens (including phenoxy) is 1. The van der Waals surface area contributed by atoms with Gasteiger partial charge in [0.2, 0.25) is 0 Å². The number of H-pyrrole nitrogens is 2. The monoisotopic (exact) mass is 410 g/mol. The van der Waals surface area contributed by atoms with Crippen molar-refractivity contribution in [3.63, 3.8) is 0 Å². The molecule has 152 valence electrons. The number of hydrogen-bond donors (Lipinski definition) is 2. The lowest BCUT2D eigenvalue weighted by molar-refractivity contribution is 0.148. The van der Waals surface area contributed by atoms with Gasteiger partial charge in [0, 0.05) is 10.9 Å². The minimum Gasteiger partial charge on any atom is -0.373 e. The van der Waals surface area contributed by atoms with E-state index in [9.17, 15) is 9.59 Å². The molecule has 0 aliphatic heterocycles. The Kier molecular flexibility index (Phi) is 7.49. The Balaban J connectivity index is 1.66. The molecule has 5 nitrogen and oxygen atoms in total. The van der Waals surface area contributed by atoms with Gasteiger partial charge in [-0.25, -0.2) is 4.79 Å². The summed E-state index contributed by atoms with van der Waals surface area (Å²) in [6.45, 7) is 3.24. The Hall–Kier alpha value is -2.57. The second kappa shape index (κ2) is 10.3. The van der Waals surface area contributed by atoms with Crippen molar-refractivity contribution >= 4 is 11.8 Å². The molecule has 29 heavy (non-hydrogen) atoms. The fraction of sp³-hybridized carbons (Fsp3) is 0.304. The number of benzene rings is 1. The minimum atomic E-state index is -0.489. The molecule has 1 atom stereocenters. The lowest BCUT2D eigenvalue weighted by Crippen LogP contribution is -2.28. The molecular weight excluding hydrogens is 384 g/mol. The molecule has 0 fully saturated rings. The SMILES string of the molecule is CCC1=CC(CC=CCOCc2ccccc2)(Sc2c[nH]c(=O)[nH]c2=O)CC=C1.